The summed E-state index contributed by atoms with van der Waals surface area (Å²) < 4.78 is 5.33. The molecule has 0 unspecified atom stereocenters. The fourth-order valence-corrected chi connectivity index (χ4v) is 3.21. The van der Waals surface area contributed by atoms with Crippen molar-refractivity contribution in [2.75, 3.05) is 40.3 Å². The lowest BCUT2D eigenvalue weighted by Crippen LogP contribution is -2.43. The summed E-state index contributed by atoms with van der Waals surface area (Å²) >= 11 is 0. The van der Waals surface area contributed by atoms with Gasteiger partial charge in [0.25, 0.3) is 0 Å². The van der Waals surface area contributed by atoms with E-state index in [2.05, 4.69) is 10.2 Å². The van der Waals surface area contributed by atoms with E-state index in [-0.39, 0.29) is 12.1 Å². The number of hydrogen-bond donors (Lipinski definition) is 1. The molecule has 2 rings (SSSR count). The fourth-order valence-electron chi connectivity index (χ4n) is 3.21. The van der Waals surface area contributed by atoms with Gasteiger partial charge in [-0.05, 0) is 58.2 Å². The lowest BCUT2D eigenvalue weighted by molar-refractivity contribution is 0.107. The molecule has 1 saturated heterocycles. The minimum Gasteiger partial charge on any atom is -0.381 e. The summed E-state index contributed by atoms with van der Waals surface area (Å²) in [4.78, 5) is 16.4. The van der Waals surface area contributed by atoms with Crippen LogP contribution in [-0.2, 0) is 4.74 Å². The first-order valence-electron chi connectivity index (χ1n) is 7.96. The maximum absolute atomic E-state index is 12.1. The SMILES string of the molecule is CO[C@@H]1CC[C@@H](NC(=O)N(C)CCCN2CCCC2)C1. The highest BCUT2D eigenvalue weighted by atomic mass is 16.5. The molecule has 1 aliphatic carbocycles. The molecule has 2 aliphatic rings. The van der Waals surface area contributed by atoms with E-state index in [1.54, 1.807) is 7.11 Å². The van der Waals surface area contributed by atoms with Gasteiger partial charge in [-0.15, -0.1) is 0 Å². The Balaban J connectivity index is 1.59. The highest BCUT2D eigenvalue weighted by Crippen LogP contribution is 2.21. The summed E-state index contributed by atoms with van der Waals surface area (Å²) in [5.74, 6) is 0. The zero-order valence-electron chi connectivity index (χ0n) is 12.9. The molecular formula is C15H29N3O2. The Labute approximate surface area is 122 Å². The molecule has 2 atom stereocenters. The quantitative estimate of drug-likeness (QED) is 0.806. The Morgan fingerprint density at radius 3 is 2.75 bits per heavy atom. The first-order valence-corrected chi connectivity index (χ1v) is 7.96. The van der Waals surface area contributed by atoms with E-state index < -0.39 is 0 Å². The molecule has 1 aliphatic heterocycles. The predicted octanol–water partition coefficient (Wildman–Crippen LogP) is 1.68. The monoisotopic (exact) mass is 283 g/mol. The second-order valence-corrected chi connectivity index (χ2v) is 6.14. The molecule has 5 nitrogen and oxygen atoms in total. The summed E-state index contributed by atoms with van der Waals surface area (Å²) in [6, 6.07) is 0.349. The normalized spacial score (nSPS) is 26.9. The highest BCUT2D eigenvalue weighted by Gasteiger charge is 2.26. The van der Waals surface area contributed by atoms with Crippen LogP contribution in [0.25, 0.3) is 0 Å². The maximum Gasteiger partial charge on any atom is 0.317 e. The van der Waals surface area contributed by atoms with Gasteiger partial charge >= 0.3 is 6.03 Å². The summed E-state index contributed by atoms with van der Waals surface area (Å²) in [5.41, 5.74) is 0. The van der Waals surface area contributed by atoms with Crippen molar-refractivity contribution in [2.45, 2.75) is 50.7 Å². The number of likely N-dealkylation sites (tertiary alicyclic amines) is 1. The van der Waals surface area contributed by atoms with Crippen molar-refractivity contribution in [1.29, 1.82) is 0 Å². The van der Waals surface area contributed by atoms with Crippen LogP contribution in [0, 0.1) is 0 Å². The van der Waals surface area contributed by atoms with Gasteiger partial charge in [0.2, 0.25) is 0 Å². The minimum absolute atomic E-state index is 0.0631. The summed E-state index contributed by atoms with van der Waals surface area (Å²) in [7, 11) is 3.64. The minimum atomic E-state index is 0.0631. The first-order chi connectivity index (χ1) is 9.69. The van der Waals surface area contributed by atoms with Gasteiger partial charge in [0.1, 0.15) is 0 Å². The second kappa shape index (κ2) is 7.84. The number of nitrogens with one attached hydrogen (secondary N) is 1. The van der Waals surface area contributed by atoms with E-state index in [1.807, 2.05) is 11.9 Å². The largest absolute Gasteiger partial charge is 0.381 e. The zero-order valence-corrected chi connectivity index (χ0v) is 12.9. The average molecular weight is 283 g/mol. The number of urea groups is 1. The molecule has 116 valence electrons. The molecule has 0 bridgehead atoms. The van der Waals surface area contributed by atoms with Gasteiger partial charge in [-0.1, -0.05) is 0 Å². The Kier molecular flexibility index (Phi) is 6.10. The van der Waals surface area contributed by atoms with Crippen LogP contribution >= 0.6 is 0 Å². The average Bonchev–Trinajstić information content (AvgIpc) is 3.09. The molecule has 0 aromatic heterocycles. The lowest BCUT2D eigenvalue weighted by atomic mass is 10.2. The standard InChI is InChI=1S/C15H29N3O2/c1-17(8-5-11-18-9-3-4-10-18)15(19)16-13-6-7-14(12-13)20-2/h13-14H,3-12H2,1-2H3,(H,16,19)/t13-,14-/m1/s1. The van der Waals surface area contributed by atoms with Crippen molar-refractivity contribution in [3.8, 4) is 0 Å². The molecule has 1 heterocycles. The molecule has 1 saturated carbocycles. The molecule has 0 spiro atoms. The van der Waals surface area contributed by atoms with Crippen molar-refractivity contribution < 1.29 is 9.53 Å². The summed E-state index contributed by atoms with van der Waals surface area (Å²) in [6.45, 7) is 4.42. The highest BCUT2D eigenvalue weighted by molar-refractivity contribution is 5.74. The Morgan fingerprint density at radius 1 is 1.35 bits per heavy atom. The number of amides is 2. The lowest BCUT2D eigenvalue weighted by Gasteiger charge is -2.22. The number of carbonyl (C=O) groups is 1. The number of ether oxygens (including phenoxy) is 1. The second-order valence-electron chi connectivity index (χ2n) is 6.14. The van der Waals surface area contributed by atoms with Crippen molar-refractivity contribution >= 4 is 6.03 Å². The van der Waals surface area contributed by atoms with Gasteiger partial charge in [0, 0.05) is 26.7 Å². The van der Waals surface area contributed by atoms with Gasteiger partial charge in [-0.2, -0.15) is 0 Å². The van der Waals surface area contributed by atoms with Crippen LogP contribution in [0.15, 0.2) is 0 Å². The predicted molar refractivity (Wildman–Crippen MR) is 79.9 cm³/mol. The van der Waals surface area contributed by atoms with Crippen LogP contribution in [0.4, 0.5) is 4.79 Å². The molecule has 1 N–H and O–H groups in total. The molecule has 0 aromatic carbocycles. The van der Waals surface area contributed by atoms with Gasteiger partial charge in [-0.3, -0.25) is 0 Å². The number of methoxy groups -OCH3 is 1. The molecular weight excluding hydrogens is 254 g/mol. The van der Waals surface area contributed by atoms with Gasteiger partial charge in [0.05, 0.1) is 6.10 Å². The van der Waals surface area contributed by atoms with Gasteiger partial charge in [0.15, 0.2) is 0 Å². The van der Waals surface area contributed by atoms with E-state index in [9.17, 15) is 4.79 Å². The van der Waals surface area contributed by atoms with E-state index in [4.69, 9.17) is 4.74 Å². The number of nitrogens with zero attached hydrogens (tertiary/aromatic N) is 2. The molecule has 0 radical (unpaired) electrons. The van der Waals surface area contributed by atoms with Gasteiger partial charge < -0.3 is 19.9 Å². The third kappa shape index (κ3) is 4.63. The van der Waals surface area contributed by atoms with E-state index in [0.29, 0.717) is 6.10 Å². The van der Waals surface area contributed by atoms with Crippen molar-refractivity contribution in [2.24, 2.45) is 0 Å². The Bertz CT molecular complexity index is 305. The van der Waals surface area contributed by atoms with Crippen molar-refractivity contribution in [1.82, 2.24) is 15.1 Å². The first kappa shape index (κ1) is 15.6. The van der Waals surface area contributed by atoms with Crippen LogP contribution in [0.3, 0.4) is 0 Å². The number of hydrogen-bond acceptors (Lipinski definition) is 3. The Hall–Kier alpha value is -0.810. The zero-order chi connectivity index (χ0) is 14.4. The molecule has 20 heavy (non-hydrogen) atoms. The van der Waals surface area contributed by atoms with E-state index in [1.165, 1.54) is 25.9 Å². The molecule has 2 amide bonds. The maximum atomic E-state index is 12.1. The summed E-state index contributed by atoms with van der Waals surface area (Å²) in [6.07, 6.45) is 7.09. The number of carbonyl (C=O) groups excluding carboxylic acids is 1. The van der Waals surface area contributed by atoms with Crippen LogP contribution in [0.2, 0.25) is 0 Å². The number of rotatable bonds is 6. The van der Waals surface area contributed by atoms with Crippen molar-refractivity contribution in [3.63, 3.8) is 0 Å². The van der Waals surface area contributed by atoms with Crippen LogP contribution in [0.5, 0.6) is 0 Å². The third-order valence-corrected chi connectivity index (χ3v) is 4.56. The Morgan fingerprint density at radius 2 is 2.10 bits per heavy atom. The van der Waals surface area contributed by atoms with Crippen LogP contribution in [-0.4, -0.2) is 68.3 Å². The van der Waals surface area contributed by atoms with E-state index >= 15 is 0 Å². The fraction of sp³-hybridized carbons (Fsp3) is 0.933. The van der Waals surface area contributed by atoms with E-state index in [0.717, 1.165) is 38.8 Å². The molecule has 2 fully saturated rings. The van der Waals surface area contributed by atoms with Crippen LogP contribution < -0.4 is 5.32 Å². The van der Waals surface area contributed by atoms with Crippen LogP contribution in [0.1, 0.15) is 38.5 Å². The van der Waals surface area contributed by atoms with Crippen molar-refractivity contribution in [3.05, 3.63) is 0 Å². The topological polar surface area (TPSA) is 44.8 Å². The molecule has 0 aromatic rings. The smallest absolute Gasteiger partial charge is 0.317 e. The molecule has 5 heteroatoms. The summed E-state index contributed by atoms with van der Waals surface area (Å²) in [5, 5.41) is 3.11. The van der Waals surface area contributed by atoms with Gasteiger partial charge in [-0.25, -0.2) is 4.79 Å². The third-order valence-electron chi connectivity index (χ3n) is 4.56.